The monoisotopic (exact) mass is 550 g/mol. The maximum atomic E-state index is 13.4. The Hall–Kier alpha value is -2.86. The molecule has 1 aliphatic rings. The predicted octanol–water partition coefficient (Wildman–Crippen LogP) is 4.56. The number of nitrogens with zero attached hydrogens (tertiary/aromatic N) is 2. The second kappa shape index (κ2) is 11.0. The van der Waals surface area contributed by atoms with Crippen molar-refractivity contribution in [1.82, 2.24) is 9.29 Å². The van der Waals surface area contributed by atoms with Gasteiger partial charge in [-0.05, 0) is 49.2 Å². The molecule has 0 spiro atoms. The van der Waals surface area contributed by atoms with E-state index in [4.69, 9.17) is 21.1 Å². The number of ether oxygens (including phenoxy) is 2. The first-order chi connectivity index (χ1) is 17.3. The van der Waals surface area contributed by atoms with Crippen LogP contribution in [0.5, 0.6) is 11.5 Å². The van der Waals surface area contributed by atoms with Crippen LogP contribution >= 0.6 is 22.9 Å². The zero-order chi connectivity index (χ0) is 25.9. The molecule has 36 heavy (non-hydrogen) atoms. The van der Waals surface area contributed by atoms with Crippen molar-refractivity contribution in [3.05, 3.63) is 46.8 Å². The third-order valence-corrected chi connectivity index (χ3v) is 8.95. The minimum atomic E-state index is -3.92. The number of methoxy groups -OCH3 is 2. The molecule has 0 saturated carbocycles. The molecule has 9 nitrogen and oxygen atoms in total. The Morgan fingerprint density at radius 3 is 2.61 bits per heavy atom. The summed E-state index contributed by atoms with van der Waals surface area (Å²) in [6.07, 6.45) is 1.10. The molecule has 1 fully saturated rings. The fraction of sp³-hybridized carbons (Fsp3) is 0.333. The normalized spacial score (nSPS) is 16.4. The van der Waals surface area contributed by atoms with E-state index < -0.39 is 15.9 Å². The van der Waals surface area contributed by atoms with Crippen LogP contribution in [0.25, 0.3) is 11.3 Å². The van der Waals surface area contributed by atoms with E-state index in [2.05, 4.69) is 15.6 Å². The fourth-order valence-electron chi connectivity index (χ4n) is 4.09. The van der Waals surface area contributed by atoms with E-state index in [-0.39, 0.29) is 28.1 Å². The molecule has 1 unspecified atom stereocenters. The van der Waals surface area contributed by atoms with Gasteiger partial charge in [0.1, 0.15) is 16.4 Å². The van der Waals surface area contributed by atoms with E-state index in [9.17, 15) is 13.2 Å². The van der Waals surface area contributed by atoms with Crippen molar-refractivity contribution >= 4 is 49.7 Å². The first-order valence-electron chi connectivity index (χ1n) is 11.2. The SMILES string of the molecule is CNc1nc(-c2ccc(OC)c(NC(=O)C3CCCN(S(=O)(=O)c4cc(Cl)ccc4OC)C3)c2)cs1. The van der Waals surface area contributed by atoms with Crippen LogP contribution in [-0.4, -0.2) is 58.0 Å². The van der Waals surface area contributed by atoms with Gasteiger partial charge >= 0.3 is 0 Å². The number of benzene rings is 2. The fourth-order valence-corrected chi connectivity index (χ4v) is 6.71. The molecule has 12 heteroatoms. The predicted molar refractivity (Wildman–Crippen MR) is 142 cm³/mol. The Labute approximate surface area is 219 Å². The van der Waals surface area contributed by atoms with Gasteiger partial charge < -0.3 is 20.1 Å². The Morgan fingerprint density at radius 1 is 1.17 bits per heavy atom. The van der Waals surface area contributed by atoms with Gasteiger partial charge in [0.15, 0.2) is 5.13 Å². The van der Waals surface area contributed by atoms with E-state index in [0.29, 0.717) is 30.8 Å². The molecular formula is C24H27ClN4O5S2. The van der Waals surface area contributed by atoms with Gasteiger partial charge in [-0.25, -0.2) is 13.4 Å². The third-order valence-electron chi connectivity index (χ3n) is 5.97. The molecule has 4 rings (SSSR count). The third kappa shape index (κ3) is 5.44. The van der Waals surface area contributed by atoms with Crippen LogP contribution in [-0.2, 0) is 14.8 Å². The van der Waals surface area contributed by atoms with Crippen molar-refractivity contribution in [2.75, 3.05) is 45.0 Å². The molecule has 2 N–H and O–H groups in total. The van der Waals surface area contributed by atoms with Crippen LogP contribution in [0.3, 0.4) is 0 Å². The molecular weight excluding hydrogens is 524 g/mol. The molecule has 2 heterocycles. The minimum Gasteiger partial charge on any atom is -0.495 e. The highest BCUT2D eigenvalue weighted by Crippen LogP contribution is 2.34. The number of halogens is 1. The minimum absolute atomic E-state index is 0.0165. The molecule has 0 bridgehead atoms. The van der Waals surface area contributed by atoms with Crippen LogP contribution in [0.15, 0.2) is 46.7 Å². The Balaban J connectivity index is 1.54. The van der Waals surface area contributed by atoms with Gasteiger partial charge in [0.2, 0.25) is 15.9 Å². The highest BCUT2D eigenvalue weighted by atomic mass is 35.5. The first-order valence-corrected chi connectivity index (χ1v) is 13.9. The number of rotatable bonds is 8. The Kier molecular flexibility index (Phi) is 8.04. The van der Waals surface area contributed by atoms with Gasteiger partial charge in [-0.1, -0.05) is 11.6 Å². The number of carbonyl (C=O) groups excluding carboxylic acids is 1. The van der Waals surface area contributed by atoms with Gasteiger partial charge in [0.05, 0.1) is 31.5 Å². The second-order valence-electron chi connectivity index (χ2n) is 8.19. The lowest BCUT2D eigenvalue weighted by atomic mass is 9.98. The molecule has 1 aliphatic heterocycles. The van der Waals surface area contributed by atoms with Crippen molar-refractivity contribution < 1.29 is 22.7 Å². The van der Waals surface area contributed by atoms with Crippen molar-refractivity contribution in [1.29, 1.82) is 0 Å². The Morgan fingerprint density at radius 2 is 1.92 bits per heavy atom. The molecule has 1 aromatic heterocycles. The van der Waals surface area contributed by atoms with Crippen LogP contribution in [0.1, 0.15) is 12.8 Å². The number of thiazole rings is 1. The second-order valence-corrected chi connectivity index (χ2v) is 11.4. The van der Waals surface area contributed by atoms with Gasteiger partial charge in [-0.2, -0.15) is 4.31 Å². The van der Waals surface area contributed by atoms with Gasteiger partial charge in [-0.3, -0.25) is 4.79 Å². The number of sulfonamides is 1. The topological polar surface area (TPSA) is 110 Å². The standard InChI is InChI=1S/C24H27ClN4O5S2/c1-26-24-28-19(14-35-24)15-6-8-20(33-2)18(11-15)27-23(30)16-5-4-10-29(13-16)36(31,32)22-12-17(25)7-9-21(22)34-3/h6-9,11-12,14,16H,4-5,10,13H2,1-3H3,(H,26,28)(H,27,30). The summed E-state index contributed by atoms with van der Waals surface area (Å²) in [5.74, 6) is -0.115. The lowest BCUT2D eigenvalue weighted by molar-refractivity contribution is -0.120. The van der Waals surface area contributed by atoms with Gasteiger partial charge in [-0.15, -0.1) is 11.3 Å². The number of aromatic nitrogens is 1. The lowest BCUT2D eigenvalue weighted by Crippen LogP contribution is -2.43. The Bertz CT molecular complexity index is 1360. The average molecular weight is 551 g/mol. The molecule has 2 aromatic carbocycles. The number of piperidine rings is 1. The summed E-state index contributed by atoms with van der Waals surface area (Å²) in [6.45, 7) is 0.349. The van der Waals surface area contributed by atoms with Crippen molar-refractivity contribution in [2.24, 2.45) is 5.92 Å². The molecule has 3 aromatic rings. The quantitative estimate of drug-likeness (QED) is 0.423. The first kappa shape index (κ1) is 26.2. The molecule has 1 amide bonds. The number of carbonyl (C=O) groups is 1. The van der Waals surface area contributed by atoms with Crippen LogP contribution in [0, 0.1) is 5.92 Å². The lowest BCUT2D eigenvalue weighted by Gasteiger charge is -2.31. The summed E-state index contributed by atoms with van der Waals surface area (Å²) in [5, 5.41) is 8.94. The number of nitrogens with one attached hydrogen (secondary N) is 2. The van der Waals surface area contributed by atoms with Gasteiger partial charge in [0.25, 0.3) is 0 Å². The highest BCUT2D eigenvalue weighted by molar-refractivity contribution is 7.89. The number of hydrogen-bond acceptors (Lipinski definition) is 8. The molecule has 0 aliphatic carbocycles. The number of hydrogen-bond donors (Lipinski definition) is 2. The van der Waals surface area contributed by atoms with E-state index in [1.807, 2.05) is 11.4 Å². The van der Waals surface area contributed by atoms with E-state index in [1.165, 1.54) is 42.0 Å². The van der Waals surface area contributed by atoms with Crippen LogP contribution in [0.4, 0.5) is 10.8 Å². The van der Waals surface area contributed by atoms with Crippen molar-refractivity contribution in [3.8, 4) is 22.8 Å². The largest absolute Gasteiger partial charge is 0.495 e. The molecule has 0 radical (unpaired) electrons. The zero-order valence-electron chi connectivity index (χ0n) is 20.1. The van der Waals surface area contributed by atoms with Gasteiger partial charge in [0, 0.05) is 36.1 Å². The summed E-state index contributed by atoms with van der Waals surface area (Å²) in [5.41, 5.74) is 2.09. The summed E-state index contributed by atoms with van der Waals surface area (Å²) in [6, 6.07) is 9.90. The maximum absolute atomic E-state index is 13.4. The average Bonchev–Trinajstić information content (AvgIpc) is 3.38. The number of amides is 1. The summed E-state index contributed by atoms with van der Waals surface area (Å²) < 4.78 is 38.8. The maximum Gasteiger partial charge on any atom is 0.246 e. The van der Waals surface area contributed by atoms with E-state index >= 15 is 0 Å². The molecule has 1 atom stereocenters. The zero-order valence-corrected chi connectivity index (χ0v) is 22.5. The molecule has 192 valence electrons. The summed E-state index contributed by atoms with van der Waals surface area (Å²) >= 11 is 7.54. The highest BCUT2D eigenvalue weighted by Gasteiger charge is 2.35. The van der Waals surface area contributed by atoms with E-state index in [0.717, 1.165) is 16.4 Å². The van der Waals surface area contributed by atoms with Crippen LogP contribution < -0.4 is 20.1 Å². The summed E-state index contributed by atoms with van der Waals surface area (Å²) in [4.78, 5) is 17.8. The number of anilines is 2. The summed E-state index contributed by atoms with van der Waals surface area (Å²) in [7, 11) is 0.820. The smallest absolute Gasteiger partial charge is 0.246 e. The van der Waals surface area contributed by atoms with Crippen LogP contribution in [0.2, 0.25) is 5.02 Å². The molecule has 1 saturated heterocycles. The van der Waals surface area contributed by atoms with Crippen molar-refractivity contribution in [2.45, 2.75) is 17.7 Å². The van der Waals surface area contributed by atoms with Crippen molar-refractivity contribution in [3.63, 3.8) is 0 Å². The van der Waals surface area contributed by atoms with E-state index in [1.54, 1.807) is 25.2 Å².